The van der Waals surface area contributed by atoms with Gasteiger partial charge in [0.05, 0.1) is 4.92 Å². The Bertz CT molecular complexity index is 624. The minimum absolute atomic E-state index is 0.0708. The van der Waals surface area contributed by atoms with E-state index in [9.17, 15) is 10.1 Å². The Kier molecular flexibility index (Phi) is 3.89. The van der Waals surface area contributed by atoms with E-state index in [-0.39, 0.29) is 17.4 Å². The number of nitro groups is 1. The molecule has 0 saturated carbocycles. The van der Waals surface area contributed by atoms with E-state index in [4.69, 9.17) is 5.73 Å². The molecule has 2 aromatic rings. The molecule has 0 fully saturated rings. The molecule has 0 heterocycles. The Morgan fingerprint density at radius 1 is 1.20 bits per heavy atom. The quantitative estimate of drug-likeness (QED) is 0.505. The normalized spacial score (nSPS) is 11.9. The number of hydrogen-bond donors (Lipinski definition) is 2. The van der Waals surface area contributed by atoms with Crippen LogP contribution in [0.1, 0.15) is 24.1 Å². The minimum Gasteiger partial charge on any atom is -0.393 e. The SMILES string of the molecule is Cc1ccc(C(C)Nc2ccc([N+](=O)[O-])c(N)c2)cc1. The first-order valence-electron chi connectivity index (χ1n) is 6.34. The summed E-state index contributed by atoms with van der Waals surface area (Å²) >= 11 is 0. The Labute approximate surface area is 117 Å². The number of aryl methyl sites for hydroxylation is 1. The van der Waals surface area contributed by atoms with Gasteiger partial charge in [0.1, 0.15) is 5.69 Å². The maximum absolute atomic E-state index is 10.7. The van der Waals surface area contributed by atoms with Gasteiger partial charge < -0.3 is 11.1 Å². The molecular weight excluding hydrogens is 254 g/mol. The maximum Gasteiger partial charge on any atom is 0.292 e. The van der Waals surface area contributed by atoms with Gasteiger partial charge in [-0.1, -0.05) is 29.8 Å². The number of nitrogens with two attached hydrogens (primary N) is 1. The lowest BCUT2D eigenvalue weighted by atomic mass is 10.1. The molecule has 1 atom stereocenters. The monoisotopic (exact) mass is 271 g/mol. The first-order valence-corrected chi connectivity index (χ1v) is 6.34. The topological polar surface area (TPSA) is 81.2 Å². The van der Waals surface area contributed by atoms with Crippen molar-refractivity contribution in [3.05, 3.63) is 63.7 Å². The Balaban J connectivity index is 2.15. The fourth-order valence-corrected chi connectivity index (χ4v) is 2.00. The molecule has 5 nitrogen and oxygen atoms in total. The van der Waals surface area contributed by atoms with Crippen LogP contribution in [-0.2, 0) is 0 Å². The van der Waals surface area contributed by atoms with Crippen LogP contribution in [0.3, 0.4) is 0 Å². The number of hydrogen-bond acceptors (Lipinski definition) is 4. The second kappa shape index (κ2) is 5.61. The van der Waals surface area contributed by atoms with Gasteiger partial charge in [-0.05, 0) is 31.5 Å². The fraction of sp³-hybridized carbons (Fsp3) is 0.200. The van der Waals surface area contributed by atoms with Crippen LogP contribution in [0.2, 0.25) is 0 Å². The van der Waals surface area contributed by atoms with Crippen molar-refractivity contribution in [3.63, 3.8) is 0 Å². The Morgan fingerprint density at radius 2 is 1.85 bits per heavy atom. The zero-order valence-electron chi connectivity index (χ0n) is 11.5. The second-order valence-corrected chi connectivity index (χ2v) is 4.81. The van der Waals surface area contributed by atoms with E-state index in [0.29, 0.717) is 0 Å². The summed E-state index contributed by atoms with van der Waals surface area (Å²) in [6, 6.07) is 13.0. The summed E-state index contributed by atoms with van der Waals surface area (Å²) in [6.07, 6.45) is 0. The summed E-state index contributed by atoms with van der Waals surface area (Å²) < 4.78 is 0. The van der Waals surface area contributed by atoms with Crippen molar-refractivity contribution < 1.29 is 4.92 Å². The molecule has 0 radical (unpaired) electrons. The molecule has 3 N–H and O–H groups in total. The fourth-order valence-electron chi connectivity index (χ4n) is 2.00. The smallest absolute Gasteiger partial charge is 0.292 e. The average Bonchev–Trinajstić information content (AvgIpc) is 2.39. The molecule has 0 aliphatic carbocycles. The number of benzene rings is 2. The average molecular weight is 271 g/mol. The van der Waals surface area contributed by atoms with Crippen LogP contribution in [-0.4, -0.2) is 4.92 Å². The predicted octanol–water partition coefficient (Wildman–Crippen LogP) is 3.66. The molecular formula is C15H17N3O2. The van der Waals surface area contributed by atoms with Crippen molar-refractivity contribution in [2.75, 3.05) is 11.1 Å². The molecule has 104 valence electrons. The van der Waals surface area contributed by atoms with Crippen LogP contribution in [0.15, 0.2) is 42.5 Å². The third kappa shape index (κ3) is 3.06. The summed E-state index contributed by atoms with van der Waals surface area (Å²) in [4.78, 5) is 10.2. The van der Waals surface area contributed by atoms with Gasteiger partial charge in [-0.3, -0.25) is 10.1 Å². The lowest BCUT2D eigenvalue weighted by Crippen LogP contribution is -2.07. The van der Waals surface area contributed by atoms with E-state index in [1.807, 2.05) is 13.8 Å². The van der Waals surface area contributed by atoms with Gasteiger partial charge in [-0.25, -0.2) is 0 Å². The standard InChI is InChI=1S/C15H17N3O2/c1-10-3-5-12(6-4-10)11(2)17-13-7-8-15(18(19)20)14(16)9-13/h3-9,11,17H,16H2,1-2H3. The van der Waals surface area contributed by atoms with Crippen LogP contribution in [0.5, 0.6) is 0 Å². The van der Waals surface area contributed by atoms with Gasteiger partial charge in [-0.15, -0.1) is 0 Å². The largest absolute Gasteiger partial charge is 0.393 e. The van der Waals surface area contributed by atoms with Gasteiger partial charge in [-0.2, -0.15) is 0 Å². The van der Waals surface area contributed by atoms with Gasteiger partial charge in [0.2, 0.25) is 0 Å². The summed E-state index contributed by atoms with van der Waals surface area (Å²) in [5.41, 5.74) is 8.89. The van der Waals surface area contributed by atoms with Crippen molar-refractivity contribution in [1.29, 1.82) is 0 Å². The third-order valence-corrected chi connectivity index (χ3v) is 3.18. The van der Waals surface area contributed by atoms with E-state index in [1.165, 1.54) is 11.6 Å². The lowest BCUT2D eigenvalue weighted by molar-refractivity contribution is -0.383. The van der Waals surface area contributed by atoms with Crippen LogP contribution < -0.4 is 11.1 Å². The van der Waals surface area contributed by atoms with Crippen LogP contribution >= 0.6 is 0 Å². The van der Waals surface area contributed by atoms with Crippen molar-refractivity contribution in [1.82, 2.24) is 0 Å². The molecule has 0 saturated heterocycles. The molecule has 0 aliphatic rings. The number of nitrogens with one attached hydrogen (secondary N) is 1. The number of anilines is 2. The van der Waals surface area contributed by atoms with Gasteiger partial charge in [0.25, 0.3) is 5.69 Å². The molecule has 0 bridgehead atoms. The maximum atomic E-state index is 10.7. The molecule has 1 unspecified atom stereocenters. The molecule has 20 heavy (non-hydrogen) atoms. The highest BCUT2D eigenvalue weighted by Gasteiger charge is 2.12. The third-order valence-electron chi connectivity index (χ3n) is 3.18. The van der Waals surface area contributed by atoms with E-state index >= 15 is 0 Å². The first-order chi connectivity index (χ1) is 9.47. The number of rotatable bonds is 4. The number of nitro benzene ring substituents is 1. The molecule has 0 spiro atoms. The van der Waals surface area contributed by atoms with E-state index < -0.39 is 4.92 Å². The summed E-state index contributed by atoms with van der Waals surface area (Å²) in [6.45, 7) is 4.07. The Morgan fingerprint density at radius 3 is 2.40 bits per heavy atom. The minimum atomic E-state index is -0.484. The molecule has 2 aromatic carbocycles. The zero-order valence-corrected chi connectivity index (χ0v) is 11.5. The van der Waals surface area contributed by atoms with Gasteiger partial charge >= 0.3 is 0 Å². The first kappa shape index (κ1) is 13.9. The summed E-state index contributed by atoms with van der Waals surface area (Å²) in [7, 11) is 0. The van der Waals surface area contributed by atoms with E-state index in [1.54, 1.807) is 12.1 Å². The Hall–Kier alpha value is -2.56. The molecule has 0 aliphatic heterocycles. The molecule has 5 heteroatoms. The number of nitrogens with zero attached hydrogens (tertiary/aromatic N) is 1. The van der Waals surface area contributed by atoms with E-state index in [0.717, 1.165) is 11.3 Å². The van der Waals surface area contributed by atoms with Crippen LogP contribution in [0.4, 0.5) is 17.1 Å². The van der Waals surface area contributed by atoms with E-state index in [2.05, 4.69) is 29.6 Å². The highest BCUT2D eigenvalue weighted by Crippen LogP contribution is 2.27. The molecule has 2 rings (SSSR count). The van der Waals surface area contributed by atoms with Crippen LogP contribution in [0, 0.1) is 17.0 Å². The van der Waals surface area contributed by atoms with Crippen LogP contribution in [0.25, 0.3) is 0 Å². The lowest BCUT2D eigenvalue weighted by Gasteiger charge is -2.16. The second-order valence-electron chi connectivity index (χ2n) is 4.81. The van der Waals surface area contributed by atoms with Crippen molar-refractivity contribution in [3.8, 4) is 0 Å². The summed E-state index contributed by atoms with van der Waals surface area (Å²) in [5.74, 6) is 0. The predicted molar refractivity (Wildman–Crippen MR) is 80.7 cm³/mol. The van der Waals surface area contributed by atoms with Crippen molar-refractivity contribution >= 4 is 17.1 Å². The zero-order chi connectivity index (χ0) is 14.7. The van der Waals surface area contributed by atoms with Gasteiger partial charge in [0.15, 0.2) is 0 Å². The highest BCUT2D eigenvalue weighted by atomic mass is 16.6. The number of nitrogen functional groups attached to an aromatic ring is 1. The van der Waals surface area contributed by atoms with Gasteiger partial charge in [0, 0.05) is 17.8 Å². The summed E-state index contributed by atoms with van der Waals surface area (Å²) in [5, 5.41) is 14.0. The highest BCUT2D eigenvalue weighted by molar-refractivity contribution is 5.66. The molecule has 0 amide bonds. The van der Waals surface area contributed by atoms with Crippen molar-refractivity contribution in [2.24, 2.45) is 0 Å². The molecule has 0 aromatic heterocycles. The van der Waals surface area contributed by atoms with Crippen molar-refractivity contribution in [2.45, 2.75) is 19.9 Å².